The third kappa shape index (κ3) is 2.04. The summed E-state index contributed by atoms with van der Waals surface area (Å²) < 4.78 is 5.40. The summed E-state index contributed by atoms with van der Waals surface area (Å²) in [6, 6.07) is 3.72. The van der Waals surface area contributed by atoms with Crippen LogP contribution in [0, 0.1) is 6.92 Å². The van der Waals surface area contributed by atoms with Crippen LogP contribution in [0.4, 0.5) is 0 Å². The van der Waals surface area contributed by atoms with Crippen molar-refractivity contribution >= 4 is 0 Å². The maximum atomic E-state index is 5.40. The van der Waals surface area contributed by atoms with Gasteiger partial charge in [0.25, 0.3) is 0 Å². The predicted octanol–water partition coefficient (Wildman–Crippen LogP) is 1.97. The number of ether oxygens (including phenoxy) is 1. The van der Waals surface area contributed by atoms with Crippen molar-refractivity contribution in [2.24, 2.45) is 0 Å². The second-order valence-electron chi connectivity index (χ2n) is 2.78. The normalized spacial score (nSPS) is 9.79. The second kappa shape index (κ2) is 3.83. The third-order valence-corrected chi connectivity index (χ3v) is 1.65. The van der Waals surface area contributed by atoms with Gasteiger partial charge in [0.1, 0.15) is 5.75 Å². The van der Waals surface area contributed by atoms with Crippen molar-refractivity contribution in [2.75, 3.05) is 0 Å². The van der Waals surface area contributed by atoms with Gasteiger partial charge in [-0.05, 0) is 19.1 Å². The number of pyridine rings is 1. The molecule has 4 nitrogen and oxygen atoms in total. The van der Waals surface area contributed by atoms with Crippen LogP contribution < -0.4 is 4.74 Å². The molecule has 0 unspecified atom stereocenters. The molecule has 4 heteroatoms. The van der Waals surface area contributed by atoms with E-state index < -0.39 is 0 Å². The quantitative estimate of drug-likeness (QED) is 0.721. The second-order valence-corrected chi connectivity index (χ2v) is 2.78. The van der Waals surface area contributed by atoms with E-state index in [1.807, 2.05) is 19.1 Å². The summed E-state index contributed by atoms with van der Waals surface area (Å²) in [7, 11) is 0. The van der Waals surface area contributed by atoms with Crippen molar-refractivity contribution in [3.05, 3.63) is 42.6 Å². The Balaban J connectivity index is 2.16. The maximum Gasteiger partial charge on any atom is 0.237 e. The van der Waals surface area contributed by atoms with Crippen LogP contribution >= 0.6 is 0 Å². The summed E-state index contributed by atoms with van der Waals surface area (Å²) in [5.74, 6) is 1.13. The molecule has 0 atom stereocenters. The first-order valence-corrected chi connectivity index (χ1v) is 4.21. The Hall–Kier alpha value is -1.97. The minimum absolute atomic E-state index is 0.471. The van der Waals surface area contributed by atoms with Gasteiger partial charge in [0, 0.05) is 18.1 Å². The third-order valence-electron chi connectivity index (χ3n) is 1.65. The molecular formula is C10H9N3O. The first-order chi connectivity index (χ1) is 6.84. The minimum atomic E-state index is 0.471. The van der Waals surface area contributed by atoms with Gasteiger partial charge >= 0.3 is 0 Å². The van der Waals surface area contributed by atoms with Crippen LogP contribution in [0.1, 0.15) is 5.69 Å². The lowest BCUT2D eigenvalue weighted by Crippen LogP contribution is -1.89. The van der Waals surface area contributed by atoms with Crippen molar-refractivity contribution in [3.8, 4) is 11.6 Å². The highest BCUT2D eigenvalue weighted by Gasteiger charge is 1.97. The zero-order valence-corrected chi connectivity index (χ0v) is 7.71. The van der Waals surface area contributed by atoms with Crippen LogP contribution in [-0.4, -0.2) is 15.0 Å². The van der Waals surface area contributed by atoms with Gasteiger partial charge in [-0.2, -0.15) is 0 Å². The van der Waals surface area contributed by atoms with Gasteiger partial charge in [0.15, 0.2) is 0 Å². The molecule has 0 fully saturated rings. The molecule has 0 aliphatic rings. The zero-order valence-electron chi connectivity index (χ0n) is 7.71. The first kappa shape index (κ1) is 8.62. The van der Waals surface area contributed by atoms with Gasteiger partial charge in [0.2, 0.25) is 5.88 Å². The average molecular weight is 187 g/mol. The van der Waals surface area contributed by atoms with Gasteiger partial charge in [-0.15, -0.1) is 0 Å². The van der Waals surface area contributed by atoms with E-state index in [4.69, 9.17) is 4.74 Å². The summed E-state index contributed by atoms with van der Waals surface area (Å²) >= 11 is 0. The summed E-state index contributed by atoms with van der Waals surface area (Å²) in [4.78, 5) is 12.0. The smallest absolute Gasteiger partial charge is 0.237 e. The highest BCUT2D eigenvalue weighted by Crippen LogP contribution is 2.16. The number of nitrogens with zero attached hydrogens (tertiary/aromatic N) is 3. The molecule has 2 aromatic rings. The Labute approximate surface area is 81.6 Å². The molecule has 0 amide bonds. The van der Waals surface area contributed by atoms with E-state index in [-0.39, 0.29) is 0 Å². The van der Waals surface area contributed by atoms with Crippen LogP contribution in [0.2, 0.25) is 0 Å². The molecule has 0 saturated heterocycles. The topological polar surface area (TPSA) is 47.9 Å². The van der Waals surface area contributed by atoms with Gasteiger partial charge in [-0.25, -0.2) is 4.98 Å². The van der Waals surface area contributed by atoms with E-state index in [0.717, 1.165) is 5.69 Å². The summed E-state index contributed by atoms with van der Waals surface area (Å²) in [5.41, 5.74) is 0.955. The lowest BCUT2D eigenvalue weighted by molar-refractivity contribution is 0.457. The van der Waals surface area contributed by atoms with Crippen LogP contribution in [0.5, 0.6) is 11.6 Å². The van der Waals surface area contributed by atoms with Crippen LogP contribution in [-0.2, 0) is 0 Å². The molecule has 70 valence electrons. The highest BCUT2D eigenvalue weighted by molar-refractivity contribution is 5.23. The molecule has 0 saturated carbocycles. The van der Waals surface area contributed by atoms with Crippen LogP contribution in [0.25, 0.3) is 0 Å². The van der Waals surface area contributed by atoms with Crippen molar-refractivity contribution in [1.82, 2.24) is 15.0 Å². The van der Waals surface area contributed by atoms with Gasteiger partial charge in [0.05, 0.1) is 12.4 Å². The Morgan fingerprint density at radius 3 is 2.64 bits per heavy atom. The Kier molecular flexibility index (Phi) is 2.36. The van der Waals surface area contributed by atoms with Crippen molar-refractivity contribution in [2.45, 2.75) is 6.92 Å². The SMILES string of the molecule is Cc1ccc(Oc2cnccn2)cn1. The van der Waals surface area contributed by atoms with E-state index in [9.17, 15) is 0 Å². The average Bonchev–Trinajstić information content (AvgIpc) is 2.23. The first-order valence-electron chi connectivity index (χ1n) is 4.21. The van der Waals surface area contributed by atoms with Crippen LogP contribution in [0.3, 0.4) is 0 Å². The molecule has 0 N–H and O–H groups in total. The molecule has 0 aliphatic heterocycles. The molecule has 14 heavy (non-hydrogen) atoms. The van der Waals surface area contributed by atoms with E-state index in [0.29, 0.717) is 11.6 Å². The molecule has 0 aliphatic carbocycles. The van der Waals surface area contributed by atoms with Gasteiger partial charge in [-0.3, -0.25) is 9.97 Å². The predicted molar refractivity (Wildman–Crippen MR) is 51.1 cm³/mol. The van der Waals surface area contributed by atoms with Gasteiger partial charge in [-0.1, -0.05) is 0 Å². The lowest BCUT2D eigenvalue weighted by Gasteiger charge is -2.02. The fraction of sp³-hybridized carbons (Fsp3) is 0.100. The number of hydrogen-bond acceptors (Lipinski definition) is 4. The molecule has 0 spiro atoms. The van der Waals surface area contributed by atoms with Crippen molar-refractivity contribution < 1.29 is 4.74 Å². The highest BCUT2D eigenvalue weighted by atomic mass is 16.5. The van der Waals surface area contributed by atoms with Crippen LogP contribution in [0.15, 0.2) is 36.9 Å². The van der Waals surface area contributed by atoms with E-state index in [2.05, 4.69) is 15.0 Å². The largest absolute Gasteiger partial charge is 0.436 e. The molecule has 0 aromatic carbocycles. The molecule has 2 rings (SSSR count). The van der Waals surface area contributed by atoms with Crippen molar-refractivity contribution in [3.63, 3.8) is 0 Å². The van der Waals surface area contributed by atoms with Gasteiger partial charge < -0.3 is 4.74 Å². The Bertz CT molecular complexity index is 399. The van der Waals surface area contributed by atoms with Crippen molar-refractivity contribution in [1.29, 1.82) is 0 Å². The van der Waals surface area contributed by atoms with E-state index in [1.165, 1.54) is 0 Å². The molecule has 0 radical (unpaired) electrons. The summed E-state index contributed by atoms with van der Waals surface area (Å²) in [5, 5.41) is 0. The number of hydrogen-bond donors (Lipinski definition) is 0. The zero-order chi connectivity index (χ0) is 9.80. The summed E-state index contributed by atoms with van der Waals surface area (Å²) in [6.45, 7) is 1.92. The fourth-order valence-electron chi connectivity index (χ4n) is 0.973. The molecule has 0 bridgehead atoms. The molecular weight excluding hydrogens is 178 g/mol. The monoisotopic (exact) mass is 187 g/mol. The Morgan fingerprint density at radius 1 is 1.07 bits per heavy atom. The fourth-order valence-corrected chi connectivity index (χ4v) is 0.973. The molecule has 2 aromatic heterocycles. The minimum Gasteiger partial charge on any atom is -0.436 e. The lowest BCUT2D eigenvalue weighted by atomic mass is 10.4. The number of rotatable bonds is 2. The molecule has 2 heterocycles. The Morgan fingerprint density at radius 2 is 2.00 bits per heavy atom. The number of aromatic nitrogens is 3. The maximum absolute atomic E-state index is 5.40. The van der Waals surface area contributed by atoms with E-state index in [1.54, 1.807) is 24.8 Å². The van der Waals surface area contributed by atoms with E-state index >= 15 is 0 Å². The number of aryl methyl sites for hydroxylation is 1. The summed E-state index contributed by atoms with van der Waals surface area (Å²) in [6.07, 6.45) is 6.39. The standard InChI is InChI=1S/C10H9N3O/c1-8-2-3-9(6-13-8)14-10-7-11-4-5-12-10/h2-7H,1H3.